The molecule has 0 atom stereocenters. The maximum Gasteiger partial charge on any atom is 0.282 e. The van der Waals surface area contributed by atoms with E-state index in [4.69, 9.17) is 14.2 Å². The third-order valence-electron chi connectivity index (χ3n) is 5.08. The highest BCUT2D eigenvalue weighted by Crippen LogP contribution is 2.40. The van der Waals surface area contributed by atoms with Crippen LogP contribution in [0.3, 0.4) is 0 Å². The van der Waals surface area contributed by atoms with E-state index >= 15 is 0 Å². The van der Waals surface area contributed by atoms with E-state index in [0.29, 0.717) is 43.4 Å². The molecule has 9 heteroatoms. The first-order valence-electron chi connectivity index (χ1n) is 9.27. The van der Waals surface area contributed by atoms with Crippen LogP contribution in [0.5, 0.6) is 17.2 Å². The highest BCUT2D eigenvalue weighted by Gasteiger charge is 2.28. The number of benzene rings is 1. The molecule has 154 valence electrons. The van der Waals surface area contributed by atoms with Crippen molar-refractivity contribution in [3.8, 4) is 17.2 Å². The van der Waals surface area contributed by atoms with Crippen LogP contribution < -0.4 is 14.2 Å². The lowest BCUT2D eigenvalue weighted by molar-refractivity contribution is -0.133. The fourth-order valence-corrected chi connectivity index (χ4v) is 4.34. The van der Waals surface area contributed by atoms with Crippen molar-refractivity contribution in [2.75, 3.05) is 66.4 Å². The van der Waals surface area contributed by atoms with Gasteiger partial charge in [0, 0.05) is 50.6 Å². The van der Waals surface area contributed by atoms with E-state index in [0.717, 1.165) is 24.4 Å². The van der Waals surface area contributed by atoms with Gasteiger partial charge in [-0.25, -0.2) is 0 Å². The zero-order chi connectivity index (χ0) is 20.1. The molecular formula is C19H27N3O5S. The molecule has 1 aromatic carbocycles. The van der Waals surface area contributed by atoms with Crippen LogP contribution in [0.15, 0.2) is 12.1 Å². The molecule has 2 fully saturated rings. The summed E-state index contributed by atoms with van der Waals surface area (Å²) in [5.74, 6) is 2.69. The highest BCUT2D eigenvalue weighted by molar-refractivity contribution is 8.13. The number of carbonyl (C=O) groups is 2. The summed E-state index contributed by atoms with van der Waals surface area (Å²) in [4.78, 5) is 29.9. The Hall–Kier alpha value is -2.13. The summed E-state index contributed by atoms with van der Waals surface area (Å²) in [5, 5.41) is 0.00698. The Kier molecular flexibility index (Phi) is 6.90. The number of thioether (sulfide) groups is 1. The number of carbonyl (C=O) groups excluding carboxylic acids is 2. The van der Waals surface area contributed by atoms with Crippen molar-refractivity contribution >= 4 is 22.9 Å². The van der Waals surface area contributed by atoms with Gasteiger partial charge in [-0.05, 0) is 6.07 Å². The van der Waals surface area contributed by atoms with E-state index in [9.17, 15) is 9.59 Å². The van der Waals surface area contributed by atoms with Crippen LogP contribution in [-0.2, 0) is 11.3 Å². The van der Waals surface area contributed by atoms with Gasteiger partial charge in [0.25, 0.3) is 5.24 Å². The zero-order valence-electron chi connectivity index (χ0n) is 16.6. The van der Waals surface area contributed by atoms with Crippen LogP contribution in [0.2, 0.25) is 0 Å². The number of methoxy groups -OCH3 is 3. The second kappa shape index (κ2) is 9.38. The number of rotatable bonds is 7. The molecular weight excluding hydrogens is 382 g/mol. The Morgan fingerprint density at radius 2 is 1.71 bits per heavy atom. The third-order valence-corrected chi connectivity index (χ3v) is 5.97. The summed E-state index contributed by atoms with van der Waals surface area (Å²) in [6, 6.07) is 3.86. The van der Waals surface area contributed by atoms with Gasteiger partial charge in [0.1, 0.15) is 6.54 Å². The Morgan fingerprint density at radius 1 is 1.00 bits per heavy atom. The standard InChI is InChI=1S/C19H27N3O5S/c1-25-15-5-4-14(17(26-2)18(15)27-3)12-20-6-8-21(9-7-20)16(23)13-22-10-11-28-19(22)24/h4-5H,6-13H2,1-3H3. The second-order valence-corrected chi connectivity index (χ2v) is 7.73. The van der Waals surface area contributed by atoms with Crippen LogP contribution >= 0.6 is 11.8 Å². The molecule has 0 aliphatic carbocycles. The van der Waals surface area contributed by atoms with Gasteiger partial charge in [0.15, 0.2) is 11.5 Å². The van der Waals surface area contributed by atoms with Crippen molar-refractivity contribution < 1.29 is 23.8 Å². The van der Waals surface area contributed by atoms with Gasteiger partial charge >= 0.3 is 0 Å². The molecule has 2 aliphatic heterocycles. The van der Waals surface area contributed by atoms with E-state index in [1.807, 2.05) is 17.0 Å². The molecule has 2 amide bonds. The molecule has 0 N–H and O–H groups in total. The third kappa shape index (κ3) is 4.47. The molecule has 3 rings (SSSR count). The van der Waals surface area contributed by atoms with E-state index < -0.39 is 0 Å². The van der Waals surface area contributed by atoms with Gasteiger partial charge in [-0.1, -0.05) is 17.8 Å². The summed E-state index contributed by atoms with van der Waals surface area (Å²) < 4.78 is 16.3. The van der Waals surface area contributed by atoms with Gasteiger partial charge in [0.2, 0.25) is 11.7 Å². The number of piperazine rings is 1. The lowest BCUT2D eigenvalue weighted by Gasteiger charge is -2.35. The number of hydrogen-bond acceptors (Lipinski definition) is 7. The zero-order valence-corrected chi connectivity index (χ0v) is 17.4. The highest BCUT2D eigenvalue weighted by atomic mass is 32.2. The molecule has 1 aromatic rings. The van der Waals surface area contributed by atoms with Gasteiger partial charge in [-0.15, -0.1) is 0 Å². The summed E-state index contributed by atoms with van der Waals surface area (Å²) in [5.41, 5.74) is 1.01. The first-order chi connectivity index (χ1) is 13.6. The van der Waals surface area contributed by atoms with E-state index in [-0.39, 0.29) is 17.7 Å². The van der Waals surface area contributed by atoms with Crippen LogP contribution in [0, 0.1) is 0 Å². The number of amides is 2. The minimum atomic E-state index is 0.00698. The Balaban J connectivity index is 1.57. The van der Waals surface area contributed by atoms with E-state index in [2.05, 4.69) is 4.90 Å². The van der Waals surface area contributed by atoms with Gasteiger partial charge in [-0.3, -0.25) is 14.5 Å². The average Bonchev–Trinajstić information content (AvgIpc) is 3.12. The maximum atomic E-state index is 12.5. The number of hydrogen-bond donors (Lipinski definition) is 0. The fraction of sp³-hybridized carbons (Fsp3) is 0.579. The minimum absolute atomic E-state index is 0.00698. The molecule has 0 saturated carbocycles. The fourth-order valence-electron chi connectivity index (χ4n) is 3.52. The van der Waals surface area contributed by atoms with Crippen LogP contribution in [0.25, 0.3) is 0 Å². The van der Waals surface area contributed by atoms with Crippen LogP contribution in [0.4, 0.5) is 4.79 Å². The molecule has 0 bridgehead atoms. The van der Waals surface area contributed by atoms with Crippen LogP contribution in [-0.4, -0.2) is 92.2 Å². The summed E-state index contributed by atoms with van der Waals surface area (Å²) in [7, 11) is 4.81. The molecule has 2 saturated heterocycles. The lowest BCUT2D eigenvalue weighted by atomic mass is 10.1. The first kappa shape index (κ1) is 20.6. The maximum absolute atomic E-state index is 12.5. The summed E-state index contributed by atoms with van der Waals surface area (Å²) >= 11 is 1.28. The predicted octanol–water partition coefficient (Wildman–Crippen LogP) is 1.53. The number of ether oxygens (including phenoxy) is 3. The largest absolute Gasteiger partial charge is 0.493 e. The van der Waals surface area contributed by atoms with Gasteiger partial charge in [-0.2, -0.15) is 0 Å². The minimum Gasteiger partial charge on any atom is -0.493 e. The molecule has 0 unspecified atom stereocenters. The molecule has 28 heavy (non-hydrogen) atoms. The topological polar surface area (TPSA) is 71.6 Å². The molecule has 0 aromatic heterocycles. The normalized spacial score (nSPS) is 17.8. The first-order valence-corrected chi connectivity index (χ1v) is 10.3. The molecule has 2 heterocycles. The van der Waals surface area contributed by atoms with Crippen molar-refractivity contribution in [2.24, 2.45) is 0 Å². The van der Waals surface area contributed by atoms with E-state index in [1.165, 1.54) is 11.8 Å². The Morgan fingerprint density at radius 3 is 2.29 bits per heavy atom. The molecule has 0 radical (unpaired) electrons. The lowest BCUT2D eigenvalue weighted by Crippen LogP contribution is -2.50. The van der Waals surface area contributed by atoms with Crippen LogP contribution in [0.1, 0.15) is 5.56 Å². The Labute approximate surface area is 169 Å². The average molecular weight is 410 g/mol. The van der Waals surface area contributed by atoms with Crippen molar-refractivity contribution in [2.45, 2.75) is 6.54 Å². The van der Waals surface area contributed by atoms with Crippen molar-refractivity contribution in [3.63, 3.8) is 0 Å². The molecule has 2 aliphatic rings. The SMILES string of the molecule is COc1ccc(CN2CCN(C(=O)CN3CCSC3=O)CC2)c(OC)c1OC. The van der Waals surface area contributed by atoms with Gasteiger partial charge in [0.05, 0.1) is 21.3 Å². The van der Waals surface area contributed by atoms with Gasteiger partial charge < -0.3 is 24.0 Å². The smallest absolute Gasteiger partial charge is 0.282 e. The predicted molar refractivity (Wildman–Crippen MR) is 107 cm³/mol. The second-order valence-electron chi connectivity index (χ2n) is 6.69. The van der Waals surface area contributed by atoms with Crippen molar-refractivity contribution in [1.82, 2.24) is 14.7 Å². The number of nitrogens with zero attached hydrogens (tertiary/aromatic N) is 3. The van der Waals surface area contributed by atoms with E-state index in [1.54, 1.807) is 26.2 Å². The molecule has 8 nitrogen and oxygen atoms in total. The monoisotopic (exact) mass is 409 g/mol. The van der Waals surface area contributed by atoms with Crippen molar-refractivity contribution in [1.29, 1.82) is 0 Å². The molecule has 0 spiro atoms. The Bertz CT molecular complexity index is 722. The quantitative estimate of drug-likeness (QED) is 0.676. The van der Waals surface area contributed by atoms with Crippen molar-refractivity contribution in [3.05, 3.63) is 17.7 Å². The summed E-state index contributed by atoms with van der Waals surface area (Å²) in [6.07, 6.45) is 0. The summed E-state index contributed by atoms with van der Waals surface area (Å²) in [6.45, 7) is 4.40.